The van der Waals surface area contributed by atoms with Gasteiger partial charge in [-0.15, -0.1) is 11.3 Å². The predicted molar refractivity (Wildman–Crippen MR) is 64.6 cm³/mol. The molecular weight excluding hydrogens is 264 g/mol. The molecule has 0 unspecified atom stereocenters. The summed E-state index contributed by atoms with van der Waals surface area (Å²) in [7, 11) is 0. The lowest BCUT2D eigenvalue weighted by Gasteiger charge is -1.90. The molecular formula is C9H6N2O4S2. The summed E-state index contributed by atoms with van der Waals surface area (Å²) >= 11 is 2.20. The first-order valence-corrected chi connectivity index (χ1v) is 6.26. The maximum Gasteiger partial charge on any atom is 0.313 e. The summed E-state index contributed by atoms with van der Waals surface area (Å²) in [6.07, 6.45) is 0. The molecule has 2 aromatic rings. The number of fused-ring (bicyclic) bond motifs is 1. The van der Waals surface area contributed by atoms with E-state index in [9.17, 15) is 14.9 Å². The number of carbonyl (C=O) groups is 1. The van der Waals surface area contributed by atoms with Gasteiger partial charge >= 0.3 is 5.97 Å². The number of rotatable bonds is 4. The van der Waals surface area contributed by atoms with Crippen LogP contribution in [0.2, 0.25) is 0 Å². The first kappa shape index (κ1) is 11.8. The van der Waals surface area contributed by atoms with Crippen LogP contribution in [-0.4, -0.2) is 26.7 Å². The molecule has 0 amide bonds. The van der Waals surface area contributed by atoms with Gasteiger partial charge in [-0.2, -0.15) is 0 Å². The third-order valence-electron chi connectivity index (χ3n) is 1.89. The number of aliphatic carboxylic acids is 1. The number of nitro groups is 1. The Morgan fingerprint density at radius 3 is 3.00 bits per heavy atom. The van der Waals surface area contributed by atoms with Crippen LogP contribution in [0.15, 0.2) is 22.5 Å². The van der Waals surface area contributed by atoms with E-state index >= 15 is 0 Å². The number of benzene rings is 1. The number of thioether (sulfide) groups is 1. The van der Waals surface area contributed by atoms with Gasteiger partial charge in [0.1, 0.15) is 4.70 Å². The lowest BCUT2D eigenvalue weighted by molar-refractivity contribution is -0.382. The van der Waals surface area contributed by atoms with E-state index in [0.717, 1.165) is 23.1 Å². The molecule has 2 rings (SSSR count). The van der Waals surface area contributed by atoms with Crippen molar-refractivity contribution >= 4 is 45.0 Å². The minimum atomic E-state index is -0.941. The quantitative estimate of drug-likeness (QED) is 0.521. The molecule has 0 spiro atoms. The molecule has 0 atom stereocenters. The largest absolute Gasteiger partial charge is 0.481 e. The Bertz CT molecular complexity index is 596. The van der Waals surface area contributed by atoms with Crippen molar-refractivity contribution in [2.24, 2.45) is 0 Å². The molecule has 1 aromatic carbocycles. The SMILES string of the molecule is O=C(O)CSc1nc2cccc([N+](=O)[O-])c2s1. The van der Waals surface area contributed by atoms with Crippen molar-refractivity contribution in [2.45, 2.75) is 4.34 Å². The van der Waals surface area contributed by atoms with Crippen molar-refractivity contribution in [3.05, 3.63) is 28.3 Å². The molecule has 1 N–H and O–H groups in total. The number of carboxylic acid groups (broad SMARTS) is 1. The van der Waals surface area contributed by atoms with Crippen LogP contribution in [0.25, 0.3) is 10.2 Å². The van der Waals surface area contributed by atoms with E-state index in [-0.39, 0.29) is 11.4 Å². The molecule has 0 bridgehead atoms. The van der Waals surface area contributed by atoms with E-state index in [0.29, 0.717) is 14.6 Å². The number of aromatic nitrogens is 1. The fraction of sp³-hybridized carbons (Fsp3) is 0.111. The average Bonchev–Trinajstić information content (AvgIpc) is 2.68. The van der Waals surface area contributed by atoms with E-state index in [2.05, 4.69) is 4.98 Å². The molecule has 0 radical (unpaired) electrons. The van der Waals surface area contributed by atoms with Crippen molar-refractivity contribution < 1.29 is 14.8 Å². The molecule has 0 aliphatic carbocycles. The van der Waals surface area contributed by atoms with E-state index < -0.39 is 10.9 Å². The molecule has 0 aliphatic heterocycles. The highest BCUT2D eigenvalue weighted by molar-refractivity contribution is 8.01. The molecule has 88 valence electrons. The summed E-state index contributed by atoms with van der Waals surface area (Å²) in [6.45, 7) is 0. The molecule has 8 heteroatoms. The van der Waals surface area contributed by atoms with Gasteiger partial charge in [0, 0.05) is 6.07 Å². The highest BCUT2D eigenvalue weighted by atomic mass is 32.2. The summed E-state index contributed by atoms with van der Waals surface area (Å²) in [5, 5.41) is 19.3. The predicted octanol–water partition coefficient (Wildman–Crippen LogP) is 2.38. The van der Waals surface area contributed by atoms with Crippen LogP contribution < -0.4 is 0 Å². The van der Waals surface area contributed by atoms with Crippen LogP contribution in [0, 0.1) is 10.1 Å². The van der Waals surface area contributed by atoms with Gasteiger partial charge in [0.25, 0.3) is 5.69 Å². The third-order valence-corrected chi connectivity index (χ3v) is 4.11. The van der Waals surface area contributed by atoms with Gasteiger partial charge in [-0.1, -0.05) is 17.8 Å². The molecule has 0 aliphatic rings. The lowest BCUT2D eigenvalue weighted by atomic mass is 10.3. The number of nitro benzene ring substituents is 1. The Morgan fingerprint density at radius 1 is 1.59 bits per heavy atom. The number of non-ortho nitro benzene ring substituents is 1. The molecule has 17 heavy (non-hydrogen) atoms. The molecule has 1 heterocycles. The molecule has 0 saturated carbocycles. The fourth-order valence-corrected chi connectivity index (χ4v) is 3.10. The highest BCUT2D eigenvalue weighted by Gasteiger charge is 2.16. The van der Waals surface area contributed by atoms with Crippen molar-refractivity contribution in [1.29, 1.82) is 0 Å². The molecule has 0 fully saturated rings. The van der Waals surface area contributed by atoms with Gasteiger partial charge in [0.2, 0.25) is 0 Å². The summed E-state index contributed by atoms with van der Waals surface area (Å²) < 4.78 is 1.00. The lowest BCUT2D eigenvalue weighted by Crippen LogP contribution is -1.96. The second kappa shape index (κ2) is 4.68. The van der Waals surface area contributed by atoms with E-state index in [1.54, 1.807) is 12.1 Å². The van der Waals surface area contributed by atoms with Gasteiger partial charge in [-0.05, 0) is 6.07 Å². The van der Waals surface area contributed by atoms with Gasteiger partial charge < -0.3 is 5.11 Å². The van der Waals surface area contributed by atoms with Crippen molar-refractivity contribution in [2.75, 3.05) is 5.75 Å². The molecule has 6 nitrogen and oxygen atoms in total. The maximum absolute atomic E-state index is 10.8. The summed E-state index contributed by atoms with van der Waals surface area (Å²) in [4.78, 5) is 24.9. The Hall–Kier alpha value is -1.67. The monoisotopic (exact) mass is 270 g/mol. The fourth-order valence-electron chi connectivity index (χ4n) is 1.24. The van der Waals surface area contributed by atoms with Crippen molar-refractivity contribution in [3.8, 4) is 0 Å². The first-order chi connectivity index (χ1) is 8.08. The summed E-state index contributed by atoms with van der Waals surface area (Å²) in [5.41, 5.74) is 0.527. The molecule has 1 aromatic heterocycles. The van der Waals surface area contributed by atoms with E-state index in [4.69, 9.17) is 5.11 Å². The Kier molecular flexibility index (Phi) is 3.25. The summed E-state index contributed by atoms with van der Waals surface area (Å²) in [6, 6.07) is 4.64. The Balaban J connectivity index is 2.39. The number of thiazole rings is 1. The van der Waals surface area contributed by atoms with Crippen LogP contribution in [0.1, 0.15) is 0 Å². The zero-order chi connectivity index (χ0) is 12.4. The average molecular weight is 270 g/mol. The Labute approximate surface area is 103 Å². The zero-order valence-corrected chi connectivity index (χ0v) is 9.96. The zero-order valence-electron chi connectivity index (χ0n) is 8.32. The normalized spacial score (nSPS) is 10.6. The van der Waals surface area contributed by atoms with E-state index in [1.807, 2.05) is 0 Å². The topological polar surface area (TPSA) is 93.3 Å². The highest BCUT2D eigenvalue weighted by Crippen LogP contribution is 2.34. The van der Waals surface area contributed by atoms with Crippen LogP contribution in [-0.2, 0) is 4.79 Å². The number of hydrogen-bond donors (Lipinski definition) is 1. The maximum atomic E-state index is 10.8. The van der Waals surface area contributed by atoms with Gasteiger partial charge in [-0.25, -0.2) is 4.98 Å². The van der Waals surface area contributed by atoms with Crippen LogP contribution in [0.5, 0.6) is 0 Å². The molecule has 0 saturated heterocycles. The van der Waals surface area contributed by atoms with Crippen molar-refractivity contribution in [1.82, 2.24) is 4.98 Å². The smallest absolute Gasteiger partial charge is 0.313 e. The second-order valence-electron chi connectivity index (χ2n) is 3.04. The van der Waals surface area contributed by atoms with Crippen LogP contribution in [0.4, 0.5) is 5.69 Å². The first-order valence-electron chi connectivity index (χ1n) is 4.46. The number of carboxylic acids is 1. The Morgan fingerprint density at radius 2 is 2.35 bits per heavy atom. The van der Waals surface area contributed by atoms with Gasteiger partial charge in [-0.3, -0.25) is 14.9 Å². The van der Waals surface area contributed by atoms with Crippen molar-refractivity contribution in [3.63, 3.8) is 0 Å². The number of hydrogen-bond acceptors (Lipinski definition) is 6. The summed E-state index contributed by atoms with van der Waals surface area (Å²) in [5.74, 6) is -1.04. The van der Waals surface area contributed by atoms with Gasteiger partial charge in [0.15, 0.2) is 4.34 Å². The second-order valence-corrected chi connectivity index (χ2v) is 5.27. The minimum absolute atomic E-state index is 0.00201. The van der Waals surface area contributed by atoms with Crippen LogP contribution >= 0.6 is 23.1 Å². The minimum Gasteiger partial charge on any atom is -0.481 e. The van der Waals surface area contributed by atoms with E-state index in [1.165, 1.54) is 6.07 Å². The number of nitrogens with zero attached hydrogens (tertiary/aromatic N) is 2. The standard InChI is InChI=1S/C9H6N2O4S2/c12-7(13)4-16-9-10-5-2-1-3-6(11(14)15)8(5)17-9/h1-3H,4H2,(H,12,13). The van der Waals surface area contributed by atoms with Gasteiger partial charge in [0.05, 0.1) is 16.2 Å². The third kappa shape index (κ3) is 2.53. The van der Waals surface area contributed by atoms with Crippen LogP contribution in [0.3, 0.4) is 0 Å².